The van der Waals surface area contributed by atoms with Crippen molar-refractivity contribution in [1.29, 1.82) is 5.26 Å². The molecule has 0 saturated carbocycles. The molecule has 3 aromatic rings. The van der Waals surface area contributed by atoms with E-state index in [4.69, 9.17) is 21.6 Å². The monoisotopic (exact) mass is 356 g/mol. The Morgan fingerprint density at radius 3 is 2.83 bits per heavy atom. The molecule has 24 heavy (non-hydrogen) atoms. The number of hydrogen-bond donors (Lipinski definition) is 1. The van der Waals surface area contributed by atoms with Crippen LogP contribution in [0.2, 0.25) is 5.02 Å². The van der Waals surface area contributed by atoms with Crippen molar-refractivity contribution < 1.29 is 4.74 Å². The van der Waals surface area contributed by atoms with E-state index in [9.17, 15) is 0 Å². The Kier molecular flexibility index (Phi) is 5.36. The zero-order valence-corrected chi connectivity index (χ0v) is 14.1. The fourth-order valence-electron chi connectivity index (χ4n) is 1.97. The first-order chi connectivity index (χ1) is 11.7. The highest BCUT2D eigenvalue weighted by Gasteiger charge is 2.06. The van der Waals surface area contributed by atoms with E-state index >= 15 is 0 Å². The fourth-order valence-corrected chi connectivity index (χ4v) is 2.85. The lowest BCUT2D eigenvalue weighted by molar-refractivity contribution is 0.296. The molecule has 120 valence electrons. The number of rotatable bonds is 6. The van der Waals surface area contributed by atoms with Crippen LogP contribution in [0.15, 0.2) is 53.7 Å². The highest BCUT2D eigenvalue weighted by atomic mass is 35.5. The van der Waals surface area contributed by atoms with Gasteiger partial charge in [-0.15, -0.1) is 5.10 Å². The summed E-state index contributed by atoms with van der Waals surface area (Å²) in [5.41, 5.74) is 1.71. The van der Waals surface area contributed by atoms with Crippen molar-refractivity contribution in [2.24, 2.45) is 0 Å². The van der Waals surface area contributed by atoms with Crippen LogP contribution in [0.4, 0.5) is 0 Å². The molecule has 1 heterocycles. The van der Waals surface area contributed by atoms with Crippen molar-refractivity contribution in [3.05, 3.63) is 70.5 Å². The minimum absolute atomic E-state index is 0.305. The topological polar surface area (TPSA) is 74.6 Å². The van der Waals surface area contributed by atoms with Crippen LogP contribution < -0.4 is 4.74 Å². The zero-order chi connectivity index (χ0) is 16.8. The Hall–Kier alpha value is -2.49. The number of nitrogens with one attached hydrogen (secondary N) is 1. The van der Waals surface area contributed by atoms with Gasteiger partial charge in [0.05, 0.1) is 11.6 Å². The van der Waals surface area contributed by atoms with Gasteiger partial charge in [0.15, 0.2) is 5.82 Å². The molecule has 0 aliphatic carbocycles. The quantitative estimate of drug-likeness (QED) is 0.670. The molecule has 3 rings (SSSR count). The number of H-pyrrole nitrogens is 1. The number of hydrogen-bond acceptors (Lipinski definition) is 5. The smallest absolute Gasteiger partial charge is 0.208 e. The Bertz CT molecular complexity index is 858. The molecule has 0 fully saturated rings. The van der Waals surface area contributed by atoms with Crippen LogP contribution in [0, 0.1) is 11.3 Å². The molecule has 0 saturated heterocycles. The lowest BCUT2D eigenvalue weighted by Crippen LogP contribution is -1.97. The van der Waals surface area contributed by atoms with Crippen LogP contribution in [-0.4, -0.2) is 15.2 Å². The third-order valence-electron chi connectivity index (χ3n) is 3.12. The molecule has 0 bridgehead atoms. The molecular formula is C17H13ClN4OS. The van der Waals surface area contributed by atoms with Gasteiger partial charge in [-0.25, -0.2) is 4.98 Å². The van der Waals surface area contributed by atoms with E-state index in [1.807, 2.05) is 18.2 Å². The van der Waals surface area contributed by atoms with E-state index in [0.717, 1.165) is 11.3 Å². The van der Waals surface area contributed by atoms with Crippen LogP contribution in [-0.2, 0) is 12.4 Å². The van der Waals surface area contributed by atoms with E-state index in [2.05, 4.69) is 21.3 Å². The van der Waals surface area contributed by atoms with Gasteiger partial charge in [0.25, 0.3) is 0 Å². The molecule has 0 unspecified atom stereocenters. The second kappa shape index (κ2) is 7.86. The Balaban J connectivity index is 1.53. The van der Waals surface area contributed by atoms with E-state index in [1.54, 1.807) is 30.3 Å². The SMILES string of the molecule is N#Cc1cccc(CSc2n[nH]c(COc3ccc(Cl)cc3)n2)c1. The third kappa shape index (κ3) is 4.51. The lowest BCUT2D eigenvalue weighted by atomic mass is 10.2. The van der Waals surface area contributed by atoms with Gasteiger partial charge >= 0.3 is 0 Å². The first-order valence-corrected chi connectivity index (χ1v) is 8.51. The molecular weight excluding hydrogens is 344 g/mol. The van der Waals surface area contributed by atoms with Crippen LogP contribution in [0.5, 0.6) is 5.75 Å². The number of thioether (sulfide) groups is 1. The summed E-state index contributed by atoms with van der Waals surface area (Å²) in [6.45, 7) is 0.305. The van der Waals surface area contributed by atoms with E-state index < -0.39 is 0 Å². The number of nitrogens with zero attached hydrogens (tertiary/aromatic N) is 3. The largest absolute Gasteiger partial charge is 0.486 e. The van der Waals surface area contributed by atoms with Crippen molar-refractivity contribution in [3.63, 3.8) is 0 Å². The molecule has 7 heteroatoms. The highest BCUT2D eigenvalue weighted by molar-refractivity contribution is 7.98. The first-order valence-electron chi connectivity index (χ1n) is 7.14. The zero-order valence-electron chi connectivity index (χ0n) is 12.6. The summed E-state index contributed by atoms with van der Waals surface area (Å²) in [6.07, 6.45) is 0. The Morgan fingerprint density at radius 1 is 1.21 bits per heavy atom. The summed E-state index contributed by atoms with van der Waals surface area (Å²) in [5.74, 6) is 2.07. The van der Waals surface area contributed by atoms with Gasteiger partial charge in [-0.2, -0.15) is 5.26 Å². The van der Waals surface area contributed by atoms with Gasteiger partial charge in [0.2, 0.25) is 5.16 Å². The van der Waals surface area contributed by atoms with Gasteiger partial charge in [-0.05, 0) is 42.0 Å². The maximum Gasteiger partial charge on any atom is 0.208 e. The van der Waals surface area contributed by atoms with Crippen molar-refractivity contribution in [2.45, 2.75) is 17.5 Å². The summed E-state index contributed by atoms with van der Waals surface area (Å²) < 4.78 is 5.62. The van der Waals surface area contributed by atoms with Crippen molar-refractivity contribution in [2.75, 3.05) is 0 Å². The van der Waals surface area contributed by atoms with Gasteiger partial charge in [-0.3, -0.25) is 5.10 Å². The second-order valence-electron chi connectivity index (χ2n) is 4.91. The van der Waals surface area contributed by atoms with Crippen molar-refractivity contribution >= 4 is 23.4 Å². The average Bonchev–Trinajstić information content (AvgIpc) is 3.08. The lowest BCUT2D eigenvalue weighted by Gasteiger charge is -2.03. The van der Waals surface area contributed by atoms with E-state index in [0.29, 0.717) is 33.9 Å². The van der Waals surface area contributed by atoms with Crippen molar-refractivity contribution in [1.82, 2.24) is 15.2 Å². The van der Waals surface area contributed by atoms with Crippen LogP contribution in [0.1, 0.15) is 17.0 Å². The molecule has 0 atom stereocenters. The number of nitriles is 1. The van der Waals surface area contributed by atoms with Gasteiger partial charge in [0, 0.05) is 10.8 Å². The normalized spacial score (nSPS) is 10.3. The molecule has 0 aliphatic heterocycles. The summed E-state index contributed by atoms with van der Waals surface area (Å²) in [6, 6.07) is 16.8. The number of ether oxygens (including phenoxy) is 1. The molecule has 1 aromatic heterocycles. The molecule has 0 amide bonds. The van der Waals surface area contributed by atoms with E-state index in [1.165, 1.54) is 11.8 Å². The Labute approximate surface area is 148 Å². The van der Waals surface area contributed by atoms with Crippen LogP contribution in [0.25, 0.3) is 0 Å². The van der Waals surface area contributed by atoms with Gasteiger partial charge in [-0.1, -0.05) is 35.5 Å². The first kappa shape index (κ1) is 16.4. The van der Waals surface area contributed by atoms with Gasteiger partial charge in [0.1, 0.15) is 12.4 Å². The number of aromatic nitrogens is 3. The average molecular weight is 357 g/mol. The number of aromatic amines is 1. The minimum atomic E-state index is 0.305. The predicted octanol–water partition coefficient (Wildman–Crippen LogP) is 4.20. The summed E-state index contributed by atoms with van der Waals surface area (Å²) in [4.78, 5) is 4.38. The summed E-state index contributed by atoms with van der Waals surface area (Å²) >= 11 is 7.33. The molecule has 0 spiro atoms. The minimum Gasteiger partial charge on any atom is -0.486 e. The second-order valence-corrected chi connectivity index (χ2v) is 6.29. The van der Waals surface area contributed by atoms with Gasteiger partial charge < -0.3 is 4.74 Å². The van der Waals surface area contributed by atoms with E-state index in [-0.39, 0.29) is 0 Å². The maximum atomic E-state index is 8.91. The molecule has 1 N–H and O–H groups in total. The standard InChI is InChI=1S/C17H13ClN4OS/c18-14-4-6-15(7-5-14)23-10-16-20-17(22-21-16)24-11-13-3-1-2-12(8-13)9-19/h1-8H,10-11H2,(H,20,21,22). The predicted molar refractivity (Wildman–Crippen MR) is 92.9 cm³/mol. The summed E-state index contributed by atoms with van der Waals surface area (Å²) in [5, 5.41) is 17.2. The van der Waals surface area contributed by atoms with Crippen molar-refractivity contribution in [3.8, 4) is 11.8 Å². The van der Waals surface area contributed by atoms with Crippen LogP contribution >= 0.6 is 23.4 Å². The summed E-state index contributed by atoms with van der Waals surface area (Å²) in [7, 11) is 0. The molecule has 2 aromatic carbocycles. The number of benzene rings is 2. The molecule has 0 aliphatic rings. The molecule has 0 radical (unpaired) electrons. The van der Waals surface area contributed by atoms with Crippen LogP contribution in [0.3, 0.4) is 0 Å². The Morgan fingerprint density at radius 2 is 2.04 bits per heavy atom. The number of halogens is 1. The third-order valence-corrected chi connectivity index (χ3v) is 4.29. The fraction of sp³-hybridized carbons (Fsp3) is 0.118. The highest BCUT2D eigenvalue weighted by Crippen LogP contribution is 2.20. The molecule has 5 nitrogen and oxygen atoms in total. The maximum absolute atomic E-state index is 8.91.